The van der Waals surface area contributed by atoms with Crippen molar-refractivity contribution in [1.29, 1.82) is 0 Å². The van der Waals surface area contributed by atoms with E-state index < -0.39 is 0 Å². The normalized spacial score (nSPS) is 9.62. The summed E-state index contributed by atoms with van der Waals surface area (Å²) < 4.78 is 6.61. The van der Waals surface area contributed by atoms with E-state index in [0.29, 0.717) is 12.9 Å². The van der Waals surface area contributed by atoms with Crippen molar-refractivity contribution in [2.24, 2.45) is 0 Å². The van der Waals surface area contributed by atoms with Gasteiger partial charge in [-0.1, -0.05) is 12.4 Å². The fourth-order valence-electron chi connectivity index (χ4n) is 0.934. The number of hydrogen-bond acceptors (Lipinski definition) is 2. The maximum absolute atomic E-state index is 10.9. The number of rotatable bonds is 4. The molecule has 3 nitrogen and oxygen atoms in total. The van der Waals surface area contributed by atoms with Gasteiger partial charge in [0, 0.05) is 0 Å². The lowest BCUT2D eigenvalue weighted by Crippen LogP contribution is -2.39. The van der Waals surface area contributed by atoms with E-state index in [2.05, 4.69) is 0 Å². The number of nitrogens with zero attached hydrogens (tertiary/aromatic N) is 1. The number of hydrogen-bond donors (Lipinski definition) is 0. The van der Waals surface area contributed by atoms with Crippen LogP contribution in [0.2, 0.25) is 6.32 Å². The maximum atomic E-state index is 10.9. The van der Waals surface area contributed by atoms with Crippen LogP contribution in [-0.2, 0) is 9.53 Å². The zero-order valence-corrected chi connectivity index (χ0v) is 7.64. The quantitative estimate of drug-likeness (QED) is 0.492. The highest BCUT2D eigenvalue weighted by Gasteiger charge is 1.96. The summed E-state index contributed by atoms with van der Waals surface area (Å²) in [6.07, 6.45) is 4.06. The number of esters is 1. The molecule has 4 heteroatoms. The highest BCUT2D eigenvalue weighted by Crippen LogP contribution is 1.84. The van der Waals surface area contributed by atoms with Crippen molar-refractivity contribution < 1.29 is 14.0 Å². The molecule has 0 amide bonds. The number of carbonyl (C=O) groups is 1. The van der Waals surface area contributed by atoms with E-state index >= 15 is 0 Å². The lowest BCUT2D eigenvalue weighted by Gasteiger charge is -2.07. The third-order valence-electron chi connectivity index (χ3n) is 1.51. The van der Waals surface area contributed by atoms with E-state index in [1.807, 2.05) is 35.1 Å². The fourth-order valence-corrected chi connectivity index (χ4v) is 0.934. The van der Waals surface area contributed by atoms with Gasteiger partial charge in [-0.25, -0.2) is 0 Å². The van der Waals surface area contributed by atoms with Crippen molar-refractivity contribution in [2.75, 3.05) is 6.61 Å². The second-order valence-corrected chi connectivity index (χ2v) is 2.51. The molecule has 0 saturated carbocycles. The van der Waals surface area contributed by atoms with Gasteiger partial charge in [-0.05, 0) is 19.1 Å². The zero-order chi connectivity index (χ0) is 9.52. The Hall–Kier alpha value is -1.32. The van der Waals surface area contributed by atoms with Crippen LogP contribution in [0.15, 0.2) is 30.6 Å². The Labute approximate surface area is 78.6 Å². The Balaban J connectivity index is 2.31. The maximum Gasteiger partial charge on any atom is 0.271 e. The van der Waals surface area contributed by atoms with Gasteiger partial charge in [0.25, 0.3) is 5.97 Å². The van der Waals surface area contributed by atoms with E-state index in [9.17, 15) is 4.79 Å². The molecule has 1 aromatic heterocycles. The number of carbonyl (C=O) groups excluding carboxylic acids is 1. The van der Waals surface area contributed by atoms with Gasteiger partial charge in [0.15, 0.2) is 0 Å². The molecule has 0 saturated heterocycles. The first-order chi connectivity index (χ1) is 6.33. The Morgan fingerprint density at radius 2 is 2.08 bits per heavy atom. The third-order valence-corrected chi connectivity index (χ3v) is 1.51. The van der Waals surface area contributed by atoms with Gasteiger partial charge in [-0.2, -0.15) is 0 Å². The summed E-state index contributed by atoms with van der Waals surface area (Å²) in [5.74, 6) is -0.196. The van der Waals surface area contributed by atoms with E-state index in [1.165, 1.54) is 0 Å². The largest absolute Gasteiger partial charge is 0.478 e. The summed E-state index contributed by atoms with van der Waals surface area (Å²) in [5.41, 5.74) is 0. The molecule has 0 unspecified atom stereocenters. The minimum Gasteiger partial charge on any atom is -0.478 e. The summed E-state index contributed by atoms with van der Waals surface area (Å²) in [6.45, 7) is 2.24. The Kier molecular flexibility index (Phi) is 4.02. The molecule has 1 heterocycles. The van der Waals surface area contributed by atoms with E-state index in [-0.39, 0.29) is 5.97 Å². The van der Waals surface area contributed by atoms with Crippen molar-refractivity contribution in [2.45, 2.75) is 13.2 Å². The van der Waals surface area contributed by atoms with Crippen molar-refractivity contribution in [3.8, 4) is 0 Å². The van der Waals surface area contributed by atoms with Crippen LogP contribution in [0.1, 0.15) is 6.92 Å². The van der Waals surface area contributed by atoms with Crippen LogP contribution >= 0.6 is 0 Å². The monoisotopic (exact) mass is 177 g/mol. The summed E-state index contributed by atoms with van der Waals surface area (Å²) in [5, 5.41) is 0. The molecule has 13 heavy (non-hydrogen) atoms. The molecule has 0 aliphatic heterocycles. The smallest absolute Gasteiger partial charge is 0.271 e. The first-order valence-corrected chi connectivity index (χ1v) is 4.27. The second kappa shape index (κ2) is 5.35. The molecule has 0 N–H and O–H groups in total. The van der Waals surface area contributed by atoms with Gasteiger partial charge in [-0.15, -0.1) is 0 Å². The van der Waals surface area contributed by atoms with Crippen molar-refractivity contribution in [3.63, 3.8) is 0 Å². The first-order valence-electron chi connectivity index (χ1n) is 4.27. The topological polar surface area (TPSA) is 30.2 Å². The average molecular weight is 177 g/mol. The van der Waals surface area contributed by atoms with E-state index in [0.717, 1.165) is 0 Å². The lowest BCUT2D eigenvalue weighted by molar-refractivity contribution is -0.529. The predicted octanol–water partition coefficient (Wildman–Crippen LogP) is 0.423. The van der Waals surface area contributed by atoms with Gasteiger partial charge in [0.05, 0.1) is 14.0 Å². The Morgan fingerprint density at radius 3 is 2.69 bits per heavy atom. The van der Waals surface area contributed by atoms with Gasteiger partial charge in [0.2, 0.25) is 0 Å². The summed E-state index contributed by atoms with van der Waals surface area (Å²) in [4.78, 5) is 10.9. The number of ether oxygens (including phenoxy) is 1. The Morgan fingerprint density at radius 1 is 1.38 bits per heavy atom. The van der Waals surface area contributed by atoms with Crippen LogP contribution in [0.3, 0.4) is 0 Å². The molecule has 68 valence electrons. The van der Waals surface area contributed by atoms with Gasteiger partial charge in [0.1, 0.15) is 12.4 Å². The van der Waals surface area contributed by atoms with E-state index in [1.54, 1.807) is 14.3 Å². The van der Waals surface area contributed by atoms with Gasteiger partial charge in [-0.3, -0.25) is 4.79 Å². The highest BCUT2D eigenvalue weighted by atomic mass is 16.5. The van der Waals surface area contributed by atoms with Crippen LogP contribution < -0.4 is 4.48 Å². The highest BCUT2D eigenvalue weighted by molar-refractivity contribution is 6.31. The Bertz CT molecular complexity index is 264. The predicted molar refractivity (Wildman–Crippen MR) is 49.2 cm³/mol. The molecule has 0 aliphatic rings. The van der Waals surface area contributed by atoms with Crippen LogP contribution in [0.25, 0.3) is 0 Å². The summed E-state index contributed by atoms with van der Waals surface area (Å²) in [7, 11) is 1.78. The van der Waals surface area contributed by atoms with Crippen molar-refractivity contribution in [3.05, 3.63) is 30.6 Å². The lowest BCUT2D eigenvalue weighted by atomic mass is 9.88. The van der Waals surface area contributed by atoms with Gasteiger partial charge < -0.3 is 9.21 Å². The zero-order valence-electron chi connectivity index (χ0n) is 7.64. The molecule has 0 fully saturated rings. The second-order valence-electron chi connectivity index (χ2n) is 2.51. The average Bonchev–Trinajstić information content (AvgIpc) is 2.17. The molecule has 0 aliphatic carbocycles. The molecular weight excluding hydrogens is 165 g/mol. The van der Waals surface area contributed by atoms with Crippen molar-refractivity contribution in [1.82, 2.24) is 0 Å². The minimum atomic E-state index is -0.196. The molecular formula is C9H12BNO2. The SMILES string of the molecule is CCOC(=O)C[B-][n+]1ccccc1. The fraction of sp³-hybridized carbons (Fsp3) is 0.333. The first kappa shape index (κ1) is 9.77. The van der Waals surface area contributed by atoms with Crippen LogP contribution in [0, 0.1) is 0 Å². The van der Waals surface area contributed by atoms with E-state index in [4.69, 9.17) is 4.74 Å². The minimum absolute atomic E-state index is 0.196. The molecule has 0 atom stereocenters. The standard InChI is InChI=1S/C9H12BNO2/c1-2-13-9(12)8-10-11-6-4-3-5-7-11/h3-7H,2,8H2,1H3. The van der Waals surface area contributed by atoms with Gasteiger partial charge >= 0.3 is 0 Å². The van der Waals surface area contributed by atoms with Crippen LogP contribution in [0.4, 0.5) is 0 Å². The van der Waals surface area contributed by atoms with Crippen LogP contribution in [0.5, 0.6) is 0 Å². The van der Waals surface area contributed by atoms with Crippen molar-refractivity contribution >= 4 is 13.4 Å². The third kappa shape index (κ3) is 3.74. The number of aromatic nitrogens is 1. The van der Waals surface area contributed by atoms with Crippen LogP contribution in [-0.4, -0.2) is 20.0 Å². The molecule has 1 rings (SSSR count). The molecule has 0 bridgehead atoms. The molecule has 2 radical (unpaired) electrons. The molecule has 1 aromatic rings. The number of pyridine rings is 1. The summed E-state index contributed by atoms with van der Waals surface area (Å²) in [6, 6.07) is 5.73. The molecule has 0 aromatic carbocycles. The molecule has 0 spiro atoms. The summed E-state index contributed by atoms with van der Waals surface area (Å²) >= 11 is 0.